The summed E-state index contributed by atoms with van der Waals surface area (Å²) in [4.78, 5) is 4.48. The van der Waals surface area contributed by atoms with Gasteiger partial charge < -0.3 is 20.0 Å². The Hall–Kier alpha value is -0.871. The zero-order chi connectivity index (χ0) is 25.8. The fraction of sp³-hybridized carbons (Fsp3) is 0.719. The molecule has 37 heavy (non-hydrogen) atoms. The largest absolute Gasteiger partial charge is 0.505 e. The average molecular weight is 687 g/mol. The zero-order valence-corrected chi connectivity index (χ0v) is 25.9. The molecule has 4 nitrogen and oxygen atoms in total. The van der Waals surface area contributed by atoms with E-state index in [1.165, 1.54) is 38.5 Å². The van der Waals surface area contributed by atoms with Gasteiger partial charge in [0.25, 0.3) is 0 Å². The summed E-state index contributed by atoms with van der Waals surface area (Å²) in [5, 5.41) is 22.1. The van der Waals surface area contributed by atoms with Gasteiger partial charge in [-0.25, -0.2) is 0 Å². The molecule has 4 aliphatic rings. The van der Waals surface area contributed by atoms with E-state index in [2.05, 4.69) is 68.7 Å². The van der Waals surface area contributed by atoms with Crippen molar-refractivity contribution in [2.75, 3.05) is 4.90 Å². The van der Waals surface area contributed by atoms with Gasteiger partial charge in [0.2, 0.25) is 0 Å². The van der Waals surface area contributed by atoms with Crippen molar-refractivity contribution in [3.8, 4) is 0 Å². The van der Waals surface area contributed by atoms with Crippen molar-refractivity contribution in [1.29, 1.82) is 0 Å². The van der Waals surface area contributed by atoms with Crippen LogP contribution >= 0.6 is 0 Å². The fourth-order valence-corrected chi connectivity index (χ4v) is 7.90. The summed E-state index contributed by atoms with van der Waals surface area (Å²) >= 11 is 0. The van der Waals surface area contributed by atoms with Crippen LogP contribution in [0, 0.1) is 35.4 Å². The Morgan fingerprint density at radius 1 is 0.892 bits per heavy atom. The Kier molecular flexibility index (Phi) is 11.2. The molecular weight excluding hydrogens is 637 g/mol. The van der Waals surface area contributed by atoms with Crippen LogP contribution in [0.2, 0.25) is 0 Å². The number of anilines is 1. The molecule has 1 heterocycles. The molecule has 0 saturated heterocycles. The van der Waals surface area contributed by atoms with Crippen molar-refractivity contribution >= 4 is 5.69 Å². The Labute approximate surface area is 240 Å². The van der Waals surface area contributed by atoms with Gasteiger partial charge >= 0.3 is 0 Å². The van der Waals surface area contributed by atoms with Gasteiger partial charge in [-0.2, -0.15) is 37.0 Å². The van der Waals surface area contributed by atoms with E-state index in [1.807, 2.05) is 18.2 Å². The summed E-state index contributed by atoms with van der Waals surface area (Å²) in [6, 6.07) is 12.0. The minimum absolute atomic E-state index is 0. The first kappa shape index (κ1) is 30.7. The Balaban J connectivity index is 0.000000204. The van der Waals surface area contributed by atoms with E-state index in [0.717, 1.165) is 44.2 Å². The molecule has 3 saturated carbocycles. The van der Waals surface area contributed by atoms with Crippen molar-refractivity contribution in [1.82, 2.24) is 4.90 Å². The van der Waals surface area contributed by atoms with Gasteiger partial charge in [0.15, 0.2) is 0 Å². The minimum atomic E-state index is -0.319. The second kappa shape index (κ2) is 13.5. The third kappa shape index (κ3) is 6.16. The van der Waals surface area contributed by atoms with Crippen LogP contribution in [0.15, 0.2) is 36.7 Å². The fourth-order valence-electron chi connectivity index (χ4n) is 7.90. The van der Waals surface area contributed by atoms with Crippen molar-refractivity contribution in [3.63, 3.8) is 0 Å². The summed E-state index contributed by atoms with van der Waals surface area (Å²) < 4.78 is 0. The maximum atomic E-state index is 11.1. The predicted molar refractivity (Wildman–Crippen MR) is 149 cm³/mol. The second-order valence-electron chi connectivity index (χ2n) is 11.9. The maximum Gasteiger partial charge on any atom is 0.0651 e. The van der Waals surface area contributed by atoms with E-state index in [1.54, 1.807) is 0 Å². The van der Waals surface area contributed by atoms with Crippen LogP contribution in [0.25, 0.3) is 0 Å². The summed E-state index contributed by atoms with van der Waals surface area (Å²) in [5.74, 6) is 0.636. The van der Waals surface area contributed by atoms with E-state index in [4.69, 9.17) is 0 Å². The first-order chi connectivity index (χ1) is 17.4. The number of nitrogens with zero attached hydrogens (tertiary/aromatic N) is 2. The van der Waals surface area contributed by atoms with Crippen LogP contribution in [-0.4, -0.2) is 33.4 Å². The molecule has 1 aliphatic heterocycles. The summed E-state index contributed by atoms with van der Waals surface area (Å²) in [5.41, 5.74) is 1.21. The van der Waals surface area contributed by atoms with Gasteiger partial charge in [0.1, 0.15) is 0 Å². The molecule has 1 radical (unpaired) electrons. The monoisotopic (exact) mass is 687 g/mol. The molecule has 0 bridgehead atoms. The molecule has 3 aliphatic carbocycles. The number of rotatable bonds is 6. The third-order valence-corrected chi connectivity index (χ3v) is 10.6. The molecule has 2 N–H and O–H groups in total. The SMILES string of the molecule is CCC1(CC)CCCC2CC(CC)(CC)C(O)C2C1O.[Ir].[c-]1ccccc1N1C=CN(C2CCCC2)[CH-]1. The number of fused-ring (bicyclic) bond motifs is 1. The van der Waals surface area contributed by atoms with Crippen LogP contribution in [-0.2, 0) is 20.1 Å². The number of hydrogen-bond acceptors (Lipinski definition) is 4. The number of benzene rings is 1. The second-order valence-corrected chi connectivity index (χ2v) is 11.9. The topological polar surface area (TPSA) is 46.9 Å². The maximum absolute atomic E-state index is 11.1. The van der Waals surface area contributed by atoms with Crippen LogP contribution < -0.4 is 4.90 Å². The number of para-hydroxylation sites is 1. The Morgan fingerprint density at radius 2 is 1.54 bits per heavy atom. The molecule has 3 fully saturated rings. The zero-order valence-electron chi connectivity index (χ0n) is 23.5. The van der Waals surface area contributed by atoms with Crippen molar-refractivity contribution in [3.05, 3.63) is 49.4 Å². The molecule has 1 aromatic rings. The van der Waals surface area contributed by atoms with Gasteiger partial charge in [-0.3, -0.25) is 0 Å². The number of hydrogen-bond donors (Lipinski definition) is 2. The quantitative estimate of drug-likeness (QED) is 0.309. The standard InChI is InChI=1S/C18H34O2.C14H16N2.Ir/c1-5-17(6-2)11-9-10-13-12-18(7-3,8-4)16(20)14(13)15(17)19;1-2-6-13(7-3-1)15-10-11-16(12-15)14-8-4-5-9-14;/h13-16,19-20H,5-12H2,1-4H3;1-3,6,10-12,14H,4-5,8-9H2;/q;-2;. The molecule has 1 aromatic carbocycles. The van der Waals surface area contributed by atoms with E-state index < -0.39 is 0 Å². The molecule has 0 amide bonds. The van der Waals surface area contributed by atoms with Gasteiger partial charge in [-0.05, 0) is 86.9 Å². The summed E-state index contributed by atoms with van der Waals surface area (Å²) in [6.45, 7) is 11.0. The smallest absolute Gasteiger partial charge is 0.0651 e. The molecule has 211 valence electrons. The normalized spacial score (nSPS) is 30.3. The Bertz CT molecular complexity index is 832. The molecule has 0 aromatic heterocycles. The summed E-state index contributed by atoms with van der Waals surface area (Å²) in [7, 11) is 0. The van der Waals surface area contributed by atoms with Crippen molar-refractivity contribution < 1.29 is 30.3 Å². The molecule has 4 unspecified atom stereocenters. The first-order valence-electron chi connectivity index (χ1n) is 14.9. The van der Waals surface area contributed by atoms with Crippen LogP contribution in [0.3, 0.4) is 0 Å². The summed E-state index contributed by atoms with van der Waals surface area (Å²) in [6.07, 6.45) is 17.9. The average Bonchev–Trinajstić information content (AvgIpc) is 3.66. The first-order valence-corrected chi connectivity index (χ1v) is 14.9. The number of aliphatic hydroxyl groups is 2. The van der Waals surface area contributed by atoms with Gasteiger partial charge in [-0.1, -0.05) is 47.0 Å². The van der Waals surface area contributed by atoms with Gasteiger partial charge in [0.05, 0.1) is 12.2 Å². The molecule has 5 heteroatoms. The van der Waals surface area contributed by atoms with Crippen molar-refractivity contribution in [2.45, 2.75) is 123 Å². The van der Waals surface area contributed by atoms with E-state index in [0.29, 0.717) is 12.0 Å². The van der Waals surface area contributed by atoms with Crippen LogP contribution in [0.4, 0.5) is 5.69 Å². The van der Waals surface area contributed by atoms with E-state index >= 15 is 0 Å². The predicted octanol–water partition coefficient (Wildman–Crippen LogP) is 7.28. The van der Waals surface area contributed by atoms with Crippen LogP contribution in [0.5, 0.6) is 0 Å². The number of aliphatic hydroxyl groups excluding tert-OH is 2. The molecule has 0 spiro atoms. The van der Waals surface area contributed by atoms with Crippen LogP contribution in [0.1, 0.15) is 105 Å². The molecule has 4 atom stereocenters. The molecular formula is C32H50IrN2O2-2. The Morgan fingerprint density at radius 3 is 2.14 bits per heavy atom. The van der Waals surface area contributed by atoms with Gasteiger partial charge in [0, 0.05) is 32.1 Å². The van der Waals surface area contributed by atoms with Crippen molar-refractivity contribution in [2.24, 2.45) is 22.7 Å². The van der Waals surface area contributed by atoms with E-state index in [9.17, 15) is 10.2 Å². The minimum Gasteiger partial charge on any atom is -0.505 e. The van der Waals surface area contributed by atoms with E-state index in [-0.39, 0.29) is 49.1 Å². The third-order valence-electron chi connectivity index (χ3n) is 10.6. The molecule has 5 rings (SSSR count). The van der Waals surface area contributed by atoms with Gasteiger partial charge in [-0.15, -0.1) is 5.69 Å².